The summed E-state index contributed by atoms with van der Waals surface area (Å²) in [7, 11) is 1.73. The van der Waals surface area contributed by atoms with E-state index in [1.54, 1.807) is 30.1 Å². The molecule has 3 aromatic rings. The van der Waals surface area contributed by atoms with E-state index in [0.29, 0.717) is 28.1 Å². The van der Waals surface area contributed by atoms with Crippen LogP contribution in [0.15, 0.2) is 60.9 Å². The second-order valence-electron chi connectivity index (χ2n) is 5.72. The first kappa shape index (κ1) is 18.2. The van der Waals surface area contributed by atoms with E-state index >= 15 is 0 Å². The predicted octanol–water partition coefficient (Wildman–Crippen LogP) is 4.80. The molecular formula is C19H16Cl2N4O. The number of amides is 1. The third-order valence-corrected chi connectivity index (χ3v) is 4.05. The van der Waals surface area contributed by atoms with Crippen LogP contribution in [0.5, 0.6) is 0 Å². The van der Waals surface area contributed by atoms with Gasteiger partial charge in [0.2, 0.25) is 0 Å². The Morgan fingerprint density at radius 2 is 1.73 bits per heavy atom. The van der Waals surface area contributed by atoms with Crippen molar-refractivity contribution in [1.29, 1.82) is 0 Å². The standard InChI is InChI=1S/C19H16Cl2N4O/c1-25(12-13-5-3-2-4-6-13)19(26)17-10-23-18(11-22-17)24-16-8-14(20)7-15(21)9-16/h2-11H,12H2,1H3,(H,23,24). The van der Waals surface area contributed by atoms with Gasteiger partial charge in [0.1, 0.15) is 11.5 Å². The Morgan fingerprint density at radius 1 is 1.04 bits per heavy atom. The lowest BCUT2D eigenvalue weighted by Crippen LogP contribution is -2.27. The summed E-state index contributed by atoms with van der Waals surface area (Å²) in [5.41, 5.74) is 2.02. The van der Waals surface area contributed by atoms with Crippen molar-refractivity contribution in [2.45, 2.75) is 6.54 Å². The number of aromatic nitrogens is 2. The molecule has 0 unspecified atom stereocenters. The molecule has 2 aromatic carbocycles. The van der Waals surface area contributed by atoms with Crippen LogP contribution in [0.1, 0.15) is 16.1 Å². The Hall–Kier alpha value is -2.63. The fraction of sp³-hybridized carbons (Fsp3) is 0.105. The van der Waals surface area contributed by atoms with Crippen LogP contribution in [0.3, 0.4) is 0 Å². The van der Waals surface area contributed by atoms with Crippen LogP contribution in [0.4, 0.5) is 11.5 Å². The number of carbonyl (C=O) groups is 1. The summed E-state index contributed by atoms with van der Waals surface area (Å²) in [6, 6.07) is 14.9. The molecule has 0 saturated heterocycles. The summed E-state index contributed by atoms with van der Waals surface area (Å²) in [6.45, 7) is 0.502. The zero-order chi connectivity index (χ0) is 18.5. The average molecular weight is 387 g/mol. The molecule has 0 saturated carbocycles. The Labute approximate surface area is 161 Å². The molecule has 1 heterocycles. The van der Waals surface area contributed by atoms with Gasteiger partial charge in [0.25, 0.3) is 5.91 Å². The summed E-state index contributed by atoms with van der Waals surface area (Å²) in [5, 5.41) is 4.09. The van der Waals surface area contributed by atoms with Gasteiger partial charge in [0.15, 0.2) is 0 Å². The number of carbonyl (C=O) groups excluding carboxylic acids is 1. The number of rotatable bonds is 5. The van der Waals surface area contributed by atoms with Gasteiger partial charge in [-0.15, -0.1) is 0 Å². The molecular weight excluding hydrogens is 371 g/mol. The lowest BCUT2D eigenvalue weighted by Gasteiger charge is -2.16. The topological polar surface area (TPSA) is 58.1 Å². The van der Waals surface area contributed by atoms with Gasteiger partial charge in [0, 0.05) is 29.3 Å². The minimum atomic E-state index is -0.196. The Morgan fingerprint density at radius 3 is 2.35 bits per heavy atom. The Bertz CT molecular complexity index is 881. The van der Waals surface area contributed by atoms with Gasteiger partial charge in [0.05, 0.1) is 12.4 Å². The van der Waals surface area contributed by atoms with Gasteiger partial charge in [-0.3, -0.25) is 4.79 Å². The lowest BCUT2D eigenvalue weighted by atomic mass is 10.2. The van der Waals surface area contributed by atoms with Gasteiger partial charge >= 0.3 is 0 Å². The maximum atomic E-state index is 12.5. The molecule has 1 aromatic heterocycles. The van der Waals surface area contributed by atoms with Crippen molar-refractivity contribution < 1.29 is 4.79 Å². The van der Waals surface area contributed by atoms with Crippen LogP contribution >= 0.6 is 23.2 Å². The van der Waals surface area contributed by atoms with Crippen molar-refractivity contribution in [3.63, 3.8) is 0 Å². The maximum Gasteiger partial charge on any atom is 0.274 e. The zero-order valence-corrected chi connectivity index (χ0v) is 15.5. The van der Waals surface area contributed by atoms with Crippen LogP contribution < -0.4 is 5.32 Å². The second kappa shape index (κ2) is 8.17. The predicted molar refractivity (Wildman–Crippen MR) is 104 cm³/mol. The zero-order valence-electron chi connectivity index (χ0n) is 14.0. The van der Waals surface area contributed by atoms with Crippen molar-refractivity contribution in [2.24, 2.45) is 0 Å². The molecule has 0 radical (unpaired) electrons. The number of nitrogens with one attached hydrogen (secondary N) is 1. The molecule has 132 valence electrons. The van der Waals surface area contributed by atoms with Crippen molar-refractivity contribution in [1.82, 2.24) is 14.9 Å². The molecule has 0 aliphatic rings. The Balaban J connectivity index is 1.67. The number of anilines is 2. The number of hydrogen-bond donors (Lipinski definition) is 1. The highest BCUT2D eigenvalue weighted by Gasteiger charge is 2.14. The van der Waals surface area contributed by atoms with E-state index in [1.165, 1.54) is 12.4 Å². The van der Waals surface area contributed by atoms with Crippen LogP contribution in [0, 0.1) is 0 Å². The smallest absolute Gasteiger partial charge is 0.274 e. The first-order chi connectivity index (χ1) is 12.5. The molecule has 0 fully saturated rings. The summed E-state index contributed by atoms with van der Waals surface area (Å²) in [5.74, 6) is 0.296. The SMILES string of the molecule is CN(Cc1ccccc1)C(=O)c1cnc(Nc2cc(Cl)cc(Cl)c2)cn1. The van der Waals surface area contributed by atoms with Crippen LogP contribution in [-0.4, -0.2) is 27.8 Å². The minimum absolute atomic E-state index is 0.196. The highest BCUT2D eigenvalue weighted by atomic mass is 35.5. The van der Waals surface area contributed by atoms with E-state index in [0.717, 1.165) is 5.56 Å². The fourth-order valence-corrected chi connectivity index (χ4v) is 2.93. The van der Waals surface area contributed by atoms with Crippen molar-refractivity contribution in [3.05, 3.63) is 82.2 Å². The second-order valence-corrected chi connectivity index (χ2v) is 6.59. The number of benzene rings is 2. The van der Waals surface area contributed by atoms with E-state index in [2.05, 4.69) is 15.3 Å². The van der Waals surface area contributed by atoms with Gasteiger partial charge < -0.3 is 10.2 Å². The minimum Gasteiger partial charge on any atom is -0.339 e. The molecule has 26 heavy (non-hydrogen) atoms. The highest BCUT2D eigenvalue weighted by Crippen LogP contribution is 2.24. The van der Waals surface area contributed by atoms with E-state index < -0.39 is 0 Å². The fourth-order valence-electron chi connectivity index (χ4n) is 2.40. The molecule has 1 amide bonds. The van der Waals surface area contributed by atoms with E-state index in [1.807, 2.05) is 30.3 Å². The van der Waals surface area contributed by atoms with E-state index in [4.69, 9.17) is 23.2 Å². The molecule has 0 spiro atoms. The van der Waals surface area contributed by atoms with Gasteiger partial charge in [-0.05, 0) is 23.8 Å². The van der Waals surface area contributed by atoms with Crippen LogP contribution in [0.25, 0.3) is 0 Å². The third kappa shape index (κ3) is 4.71. The normalized spacial score (nSPS) is 10.4. The van der Waals surface area contributed by atoms with E-state index in [9.17, 15) is 4.79 Å². The lowest BCUT2D eigenvalue weighted by molar-refractivity contribution is 0.0779. The highest BCUT2D eigenvalue weighted by molar-refractivity contribution is 6.35. The average Bonchev–Trinajstić information content (AvgIpc) is 2.62. The molecule has 3 rings (SSSR count). The van der Waals surface area contributed by atoms with Crippen molar-refractivity contribution >= 4 is 40.6 Å². The number of halogens is 2. The summed E-state index contributed by atoms with van der Waals surface area (Å²) in [4.78, 5) is 22.5. The summed E-state index contributed by atoms with van der Waals surface area (Å²) < 4.78 is 0. The molecule has 0 aliphatic heterocycles. The molecule has 0 aliphatic carbocycles. The van der Waals surface area contributed by atoms with Gasteiger partial charge in [-0.1, -0.05) is 53.5 Å². The number of hydrogen-bond acceptors (Lipinski definition) is 4. The largest absolute Gasteiger partial charge is 0.339 e. The summed E-state index contributed by atoms with van der Waals surface area (Å²) in [6.07, 6.45) is 2.94. The Kier molecular flexibility index (Phi) is 5.71. The van der Waals surface area contributed by atoms with Crippen LogP contribution in [-0.2, 0) is 6.54 Å². The molecule has 0 bridgehead atoms. The molecule has 7 heteroatoms. The van der Waals surface area contributed by atoms with Gasteiger partial charge in [-0.25, -0.2) is 9.97 Å². The molecule has 5 nitrogen and oxygen atoms in total. The number of nitrogens with zero attached hydrogens (tertiary/aromatic N) is 3. The van der Waals surface area contributed by atoms with E-state index in [-0.39, 0.29) is 11.6 Å². The molecule has 0 atom stereocenters. The summed E-state index contributed by atoms with van der Waals surface area (Å²) >= 11 is 11.9. The first-order valence-corrected chi connectivity index (χ1v) is 8.61. The first-order valence-electron chi connectivity index (χ1n) is 7.86. The van der Waals surface area contributed by atoms with Gasteiger partial charge in [-0.2, -0.15) is 0 Å². The monoisotopic (exact) mass is 386 g/mol. The molecule has 1 N–H and O–H groups in total. The quantitative estimate of drug-likeness (QED) is 0.683. The van der Waals surface area contributed by atoms with Crippen molar-refractivity contribution in [2.75, 3.05) is 12.4 Å². The maximum absolute atomic E-state index is 12.5. The van der Waals surface area contributed by atoms with Crippen LogP contribution in [0.2, 0.25) is 10.0 Å². The third-order valence-electron chi connectivity index (χ3n) is 3.62. The van der Waals surface area contributed by atoms with Crippen molar-refractivity contribution in [3.8, 4) is 0 Å².